The van der Waals surface area contributed by atoms with Crippen LogP contribution in [0, 0.1) is 0 Å². The van der Waals surface area contributed by atoms with Gasteiger partial charge in [0.2, 0.25) is 0 Å². The molecule has 1 atom stereocenters. The van der Waals surface area contributed by atoms with Gasteiger partial charge in [0.25, 0.3) is 0 Å². The monoisotopic (exact) mass is 300 g/mol. The van der Waals surface area contributed by atoms with Gasteiger partial charge in [0, 0.05) is 37.1 Å². The Balaban J connectivity index is 1.67. The Morgan fingerprint density at radius 1 is 1.19 bits per heavy atom. The summed E-state index contributed by atoms with van der Waals surface area (Å²) in [5.74, 6) is 0.555. The van der Waals surface area contributed by atoms with Crippen molar-refractivity contribution in [3.63, 3.8) is 0 Å². The molecule has 0 bridgehead atoms. The highest BCUT2D eigenvalue weighted by Gasteiger charge is 2.20. The Morgan fingerprint density at radius 2 is 2.05 bits per heavy atom. The van der Waals surface area contributed by atoms with Gasteiger partial charge in [0.05, 0.1) is 0 Å². The summed E-state index contributed by atoms with van der Waals surface area (Å²) in [7, 11) is 2.18. The number of likely N-dealkylation sites (N-methyl/N-ethyl adjacent to an activating group) is 1. The molecule has 1 aliphatic heterocycles. The van der Waals surface area contributed by atoms with Crippen molar-refractivity contribution in [2.75, 3.05) is 20.1 Å². The number of fused-ring (bicyclic) bond motifs is 1. The van der Waals surface area contributed by atoms with E-state index in [-0.39, 0.29) is 0 Å². The molecule has 2 nitrogen and oxygen atoms in total. The lowest BCUT2D eigenvalue weighted by atomic mass is 9.90. The van der Waals surface area contributed by atoms with E-state index in [2.05, 4.69) is 47.6 Å². The van der Waals surface area contributed by atoms with Crippen LogP contribution in [0.2, 0.25) is 5.02 Å². The highest BCUT2D eigenvalue weighted by molar-refractivity contribution is 6.30. The molecule has 21 heavy (non-hydrogen) atoms. The molecule has 110 valence electrons. The van der Waals surface area contributed by atoms with Crippen LogP contribution >= 0.6 is 11.6 Å². The van der Waals surface area contributed by atoms with Crippen molar-refractivity contribution in [3.05, 3.63) is 70.2 Å². The zero-order chi connectivity index (χ0) is 14.7. The summed E-state index contributed by atoms with van der Waals surface area (Å²) in [6, 6.07) is 16.9. The number of nitrogens with zero attached hydrogens (tertiary/aromatic N) is 1. The first-order valence-corrected chi connectivity index (χ1v) is 7.81. The van der Waals surface area contributed by atoms with Crippen LogP contribution in [0.3, 0.4) is 0 Å². The molecule has 0 radical (unpaired) electrons. The molecule has 1 N–H and O–H groups in total. The molecule has 0 spiro atoms. The van der Waals surface area contributed by atoms with Gasteiger partial charge < -0.3 is 10.2 Å². The van der Waals surface area contributed by atoms with Gasteiger partial charge in [-0.1, -0.05) is 48.0 Å². The van der Waals surface area contributed by atoms with Gasteiger partial charge in [-0.15, -0.1) is 0 Å². The number of benzene rings is 2. The molecule has 2 aromatic carbocycles. The summed E-state index contributed by atoms with van der Waals surface area (Å²) >= 11 is 6.06. The largest absolute Gasteiger partial charge is 0.312 e. The Bertz CT molecular complexity index is 612. The maximum atomic E-state index is 6.06. The molecule has 3 rings (SSSR count). The van der Waals surface area contributed by atoms with E-state index >= 15 is 0 Å². The molecule has 3 heteroatoms. The smallest absolute Gasteiger partial charge is 0.0409 e. The molecular formula is C18H21ClN2. The van der Waals surface area contributed by atoms with Crippen LogP contribution in [0.5, 0.6) is 0 Å². The number of hydrogen-bond acceptors (Lipinski definition) is 2. The summed E-state index contributed by atoms with van der Waals surface area (Å²) in [5, 5.41) is 4.33. The summed E-state index contributed by atoms with van der Waals surface area (Å²) in [6.45, 7) is 4.03. The number of nitrogens with one attached hydrogen (secondary N) is 1. The average Bonchev–Trinajstić information content (AvgIpc) is 2.47. The molecule has 1 aliphatic rings. The summed E-state index contributed by atoms with van der Waals surface area (Å²) in [5.41, 5.74) is 4.20. The van der Waals surface area contributed by atoms with Gasteiger partial charge in [0.15, 0.2) is 0 Å². The van der Waals surface area contributed by atoms with E-state index in [0.29, 0.717) is 5.92 Å². The van der Waals surface area contributed by atoms with E-state index in [4.69, 9.17) is 11.6 Å². The lowest BCUT2D eigenvalue weighted by molar-refractivity contribution is 0.293. The topological polar surface area (TPSA) is 15.3 Å². The predicted octanol–water partition coefficient (Wildman–Crippen LogP) is 3.66. The zero-order valence-corrected chi connectivity index (χ0v) is 13.1. The van der Waals surface area contributed by atoms with Crippen LogP contribution < -0.4 is 5.32 Å². The van der Waals surface area contributed by atoms with Crippen molar-refractivity contribution >= 4 is 11.6 Å². The van der Waals surface area contributed by atoms with E-state index in [1.807, 2.05) is 18.2 Å². The standard InChI is InChI=1S/C18H21ClN2/c1-21(12-14-5-4-7-17(19)9-14)13-16-11-20-10-15-6-2-3-8-18(15)16/h2-9,16,20H,10-13H2,1H3. The van der Waals surface area contributed by atoms with Crippen molar-refractivity contribution in [2.24, 2.45) is 0 Å². The lowest BCUT2D eigenvalue weighted by Gasteiger charge is -2.30. The first kappa shape index (κ1) is 14.6. The average molecular weight is 301 g/mol. The minimum atomic E-state index is 0.555. The van der Waals surface area contributed by atoms with Crippen LogP contribution in [0.4, 0.5) is 0 Å². The molecule has 0 fully saturated rings. The molecule has 2 aromatic rings. The Morgan fingerprint density at radius 3 is 2.90 bits per heavy atom. The quantitative estimate of drug-likeness (QED) is 0.927. The van der Waals surface area contributed by atoms with Crippen LogP contribution in [-0.4, -0.2) is 25.0 Å². The molecule has 1 heterocycles. The van der Waals surface area contributed by atoms with Crippen molar-refractivity contribution in [1.82, 2.24) is 10.2 Å². The van der Waals surface area contributed by atoms with Gasteiger partial charge in [-0.05, 0) is 35.9 Å². The van der Waals surface area contributed by atoms with E-state index in [0.717, 1.165) is 31.2 Å². The Hall–Kier alpha value is -1.35. The maximum absolute atomic E-state index is 6.06. The third-order valence-electron chi connectivity index (χ3n) is 4.07. The van der Waals surface area contributed by atoms with Crippen molar-refractivity contribution in [3.8, 4) is 0 Å². The summed E-state index contributed by atoms with van der Waals surface area (Å²) in [6.07, 6.45) is 0. The molecule has 1 unspecified atom stereocenters. The van der Waals surface area contributed by atoms with E-state index in [1.54, 1.807) is 0 Å². The number of halogens is 1. The number of rotatable bonds is 4. The fraction of sp³-hybridized carbons (Fsp3) is 0.333. The Labute approximate surface area is 131 Å². The minimum absolute atomic E-state index is 0.555. The summed E-state index contributed by atoms with van der Waals surface area (Å²) < 4.78 is 0. The predicted molar refractivity (Wildman–Crippen MR) is 88.7 cm³/mol. The van der Waals surface area contributed by atoms with Crippen molar-refractivity contribution < 1.29 is 0 Å². The fourth-order valence-corrected chi connectivity index (χ4v) is 3.35. The zero-order valence-electron chi connectivity index (χ0n) is 12.3. The SMILES string of the molecule is CN(Cc1cccc(Cl)c1)CC1CNCc2ccccc21. The lowest BCUT2D eigenvalue weighted by Crippen LogP contribution is -2.35. The van der Waals surface area contributed by atoms with Gasteiger partial charge in [-0.25, -0.2) is 0 Å². The van der Waals surface area contributed by atoms with E-state index in [9.17, 15) is 0 Å². The van der Waals surface area contributed by atoms with Gasteiger partial charge >= 0.3 is 0 Å². The highest BCUT2D eigenvalue weighted by Crippen LogP contribution is 2.24. The molecule has 0 aliphatic carbocycles. The number of hydrogen-bond donors (Lipinski definition) is 1. The van der Waals surface area contributed by atoms with Crippen molar-refractivity contribution in [1.29, 1.82) is 0 Å². The van der Waals surface area contributed by atoms with Crippen LogP contribution in [0.15, 0.2) is 48.5 Å². The molecule has 0 amide bonds. The van der Waals surface area contributed by atoms with Gasteiger partial charge in [-0.2, -0.15) is 0 Å². The molecule has 0 saturated carbocycles. The molecular weight excluding hydrogens is 280 g/mol. The van der Waals surface area contributed by atoms with Crippen LogP contribution in [0.25, 0.3) is 0 Å². The van der Waals surface area contributed by atoms with Crippen LogP contribution in [0.1, 0.15) is 22.6 Å². The van der Waals surface area contributed by atoms with Crippen molar-refractivity contribution in [2.45, 2.75) is 19.0 Å². The third-order valence-corrected chi connectivity index (χ3v) is 4.31. The molecule has 0 saturated heterocycles. The van der Waals surface area contributed by atoms with E-state index in [1.165, 1.54) is 16.7 Å². The summed E-state index contributed by atoms with van der Waals surface area (Å²) in [4.78, 5) is 2.38. The first-order chi connectivity index (χ1) is 10.2. The second-order valence-corrected chi connectivity index (χ2v) is 6.29. The fourth-order valence-electron chi connectivity index (χ4n) is 3.14. The first-order valence-electron chi connectivity index (χ1n) is 7.44. The second-order valence-electron chi connectivity index (χ2n) is 5.85. The Kier molecular flexibility index (Phi) is 4.59. The van der Waals surface area contributed by atoms with Gasteiger partial charge in [-0.3, -0.25) is 0 Å². The molecule has 0 aromatic heterocycles. The highest BCUT2D eigenvalue weighted by atomic mass is 35.5. The van der Waals surface area contributed by atoms with E-state index < -0.39 is 0 Å². The van der Waals surface area contributed by atoms with Crippen LogP contribution in [-0.2, 0) is 13.1 Å². The normalized spacial score (nSPS) is 17.8. The maximum Gasteiger partial charge on any atom is 0.0409 e. The third kappa shape index (κ3) is 3.65. The minimum Gasteiger partial charge on any atom is -0.312 e. The second kappa shape index (κ2) is 6.61. The van der Waals surface area contributed by atoms with Gasteiger partial charge in [0.1, 0.15) is 0 Å².